The summed E-state index contributed by atoms with van der Waals surface area (Å²) in [5.74, 6) is -1.99. The Morgan fingerprint density at radius 3 is 2.22 bits per heavy atom. The lowest BCUT2D eigenvalue weighted by Crippen LogP contribution is -2.45. The zero-order chi connectivity index (χ0) is 17.1. The number of ether oxygens (including phenoxy) is 2. The van der Waals surface area contributed by atoms with Gasteiger partial charge in [-0.25, -0.2) is 4.79 Å². The highest BCUT2D eigenvalue weighted by molar-refractivity contribution is 5.90. The zero-order valence-corrected chi connectivity index (χ0v) is 11.9. The number of carboxylic acid groups (broad SMARTS) is 1. The highest BCUT2D eigenvalue weighted by atomic mass is 19.4. The van der Waals surface area contributed by atoms with Gasteiger partial charge in [0.25, 0.3) is 5.91 Å². The van der Waals surface area contributed by atoms with Crippen molar-refractivity contribution in [3.05, 3.63) is 24.3 Å². The summed E-state index contributed by atoms with van der Waals surface area (Å²) in [7, 11) is 0. The summed E-state index contributed by atoms with van der Waals surface area (Å²) in [6, 6.07) is 5.59. The molecular formula is C14H14F3NO5. The topological polar surface area (TPSA) is 84.9 Å². The second-order valence-corrected chi connectivity index (χ2v) is 5.07. The van der Waals surface area contributed by atoms with Crippen LogP contribution in [0.25, 0.3) is 0 Å². The number of rotatable bonds is 7. The molecule has 0 radical (unpaired) electrons. The Hall–Kier alpha value is -2.45. The number of alkyl halides is 3. The molecule has 0 aromatic heterocycles. The van der Waals surface area contributed by atoms with Crippen molar-refractivity contribution in [2.45, 2.75) is 24.6 Å². The Morgan fingerprint density at radius 2 is 1.74 bits per heavy atom. The molecule has 0 unspecified atom stereocenters. The molecule has 1 aliphatic carbocycles. The molecule has 1 saturated carbocycles. The third-order valence-electron chi connectivity index (χ3n) is 3.14. The molecule has 0 saturated heterocycles. The van der Waals surface area contributed by atoms with Crippen LogP contribution in [0.15, 0.2) is 24.3 Å². The fraction of sp³-hybridized carbons (Fsp3) is 0.429. The lowest BCUT2D eigenvalue weighted by Gasteiger charge is -2.15. The Balaban J connectivity index is 1.90. The zero-order valence-electron chi connectivity index (χ0n) is 11.9. The quantitative estimate of drug-likeness (QED) is 0.794. The van der Waals surface area contributed by atoms with Crippen molar-refractivity contribution in [1.82, 2.24) is 5.32 Å². The van der Waals surface area contributed by atoms with Gasteiger partial charge >= 0.3 is 12.1 Å². The maximum absolute atomic E-state index is 12.2. The van der Waals surface area contributed by atoms with Gasteiger partial charge in [0.1, 0.15) is 5.54 Å². The van der Waals surface area contributed by atoms with Crippen molar-refractivity contribution in [1.29, 1.82) is 0 Å². The van der Waals surface area contributed by atoms with Crippen LogP contribution in [0.4, 0.5) is 13.2 Å². The molecule has 0 heterocycles. The minimum Gasteiger partial charge on any atom is -0.480 e. The Labute approximate surface area is 129 Å². The van der Waals surface area contributed by atoms with Crippen LogP contribution in [0.5, 0.6) is 11.5 Å². The fourth-order valence-corrected chi connectivity index (χ4v) is 1.81. The summed E-state index contributed by atoms with van der Waals surface area (Å²) in [5, 5.41) is 11.3. The number of nitrogens with one attached hydrogen (secondary N) is 1. The van der Waals surface area contributed by atoms with Gasteiger partial charge in [0.05, 0.1) is 0 Å². The van der Waals surface area contributed by atoms with Gasteiger partial charge in [0, 0.05) is 0 Å². The smallest absolute Gasteiger partial charge is 0.422 e. The van der Waals surface area contributed by atoms with E-state index < -0.39 is 36.8 Å². The molecule has 0 atom stereocenters. The van der Waals surface area contributed by atoms with E-state index in [1.807, 2.05) is 0 Å². The first-order valence-corrected chi connectivity index (χ1v) is 6.68. The van der Waals surface area contributed by atoms with E-state index in [0.717, 1.165) is 0 Å². The molecule has 9 heteroatoms. The lowest BCUT2D eigenvalue weighted by atomic mass is 10.3. The molecule has 1 fully saturated rings. The number of amides is 1. The maximum Gasteiger partial charge on any atom is 0.422 e. The van der Waals surface area contributed by atoms with Gasteiger partial charge in [-0.05, 0) is 25.0 Å². The highest BCUT2D eigenvalue weighted by Crippen LogP contribution is 2.35. The first kappa shape index (κ1) is 16.9. The van der Waals surface area contributed by atoms with Gasteiger partial charge < -0.3 is 19.9 Å². The van der Waals surface area contributed by atoms with E-state index in [1.54, 1.807) is 0 Å². The number of carbonyl (C=O) groups is 2. The number of hydrogen-bond donors (Lipinski definition) is 2. The van der Waals surface area contributed by atoms with E-state index in [0.29, 0.717) is 12.8 Å². The highest BCUT2D eigenvalue weighted by Gasteiger charge is 2.51. The molecular weight excluding hydrogens is 319 g/mol. The molecule has 6 nitrogen and oxygen atoms in total. The van der Waals surface area contributed by atoms with Gasteiger partial charge in [-0.15, -0.1) is 0 Å². The molecule has 126 valence electrons. The van der Waals surface area contributed by atoms with E-state index in [2.05, 4.69) is 10.1 Å². The van der Waals surface area contributed by atoms with Gasteiger partial charge in [-0.1, -0.05) is 12.1 Å². The van der Waals surface area contributed by atoms with E-state index in [4.69, 9.17) is 9.84 Å². The van der Waals surface area contributed by atoms with Crippen LogP contribution < -0.4 is 14.8 Å². The molecule has 0 aliphatic heterocycles. The van der Waals surface area contributed by atoms with E-state index >= 15 is 0 Å². The minimum atomic E-state index is -4.50. The van der Waals surface area contributed by atoms with E-state index in [1.165, 1.54) is 24.3 Å². The Bertz CT molecular complexity index is 598. The minimum absolute atomic E-state index is 0.0351. The number of halogens is 3. The van der Waals surface area contributed by atoms with Crippen molar-refractivity contribution in [3.8, 4) is 11.5 Å². The van der Waals surface area contributed by atoms with Crippen molar-refractivity contribution in [3.63, 3.8) is 0 Å². The number of hydrogen-bond acceptors (Lipinski definition) is 4. The normalized spacial score (nSPS) is 15.6. The second-order valence-electron chi connectivity index (χ2n) is 5.07. The molecule has 0 bridgehead atoms. The standard InChI is InChI=1S/C14H14F3NO5/c15-14(16,17)8-23-10-4-2-1-3-9(10)22-7-11(19)18-13(5-6-13)12(20)21/h1-4H,5-8H2,(H,18,19)(H,20,21). The monoisotopic (exact) mass is 333 g/mol. The van der Waals surface area contributed by atoms with Crippen molar-refractivity contribution < 1.29 is 37.3 Å². The summed E-state index contributed by atoms with van der Waals surface area (Å²) in [6.45, 7) is -2.01. The third-order valence-corrected chi connectivity index (χ3v) is 3.14. The van der Waals surface area contributed by atoms with Crippen LogP contribution >= 0.6 is 0 Å². The predicted octanol–water partition coefficient (Wildman–Crippen LogP) is 1.74. The van der Waals surface area contributed by atoms with Crippen LogP contribution in [-0.4, -0.2) is 41.9 Å². The summed E-state index contributed by atoms with van der Waals surface area (Å²) >= 11 is 0. The van der Waals surface area contributed by atoms with Gasteiger partial charge in [-0.3, -0.25) is 4.79 Å². The number of carbonyl (C=O) groups excluding carboxylic acids is 1. The van der Waals surface area contributed by atoms with Gasteiger partial charge in [0.15, 0.2) is 24.7 Å². The van der Waals surface area contributed by atoms with Crippen molar-refractivity contribution in [2.75, 3.05) is 13.2 Å². The van der Waals surface area contributed by atoms with Crippen molar-refractivity contribution >= 4 is 11.9 Å². The molecule has 2 N–H and O–H groups in total. The van der Waals surface area contributed by atoms with Crippen LogP contribution in [0, 0.1) is 0 Å². The van der Waals surface area contributed by atoms with E-state index in [-0.39, 0.29) is 11.5 Å². The maximum atomic E-state index is 12.2. The number of aliphatic carboxylic acids is 1. The molecule has 23 heavy (non-hydrogen) atoms. The third kappa shape index (κ3) is 4.76. The van der Waals surface area contributed by atoms with Crippen molar-refractivity contribution in [2.24, 2.45) is 0 Å². The summed E-state index contributed by atoms with van der Waals surface area (Å²) < 4.78 is 46.2. The fourth-order valence-electron chi connectivity index (χ4n) is 1.81. The van der Waals surface area contributed by atoms with Crippen LogP contribution in [0.3, 0.4) is 0 Å². The molecule has 1 aromatic carbocycles. The number of carboxylic acids is 1. The number of benzene rings is 1. The average molecular weight is 333 g/mol. The van der Waals surface area contributed by atoms with Crippen LogP contribution in [0.1, 0.15) is 12.8 Å². The molecule has 1 aliphatic rings. The second kappa shape index (κ2) is 6.35. The van der Waals surface area contributed by atoms with Crippen LogP contribution in [0.2, 0.25) is 0 Å². The summed E-state index contributed by atoms with van der Waals surface area (Å²) in [5.41, 5.74) is -1.24. The molecule has 2 rings (SSSR count). The largest absolute Gasteiger partial charge is 0.480 e. The lowest BCUT2D eigenvalue weighted by molar-refractivity contribution is -0.153. The molecule has 0 spiro atoms. The van der Waals surface area contributed by atoms with Crippen LogP contribution in [-0.2, 0) is 9.59 Å². The SMILES string of the molecule is O=C(COc1ccccc1OCC(F)(F)F)NC1(C(=O)O)CC1. The Kier molecular flexibility index (Phi) is 4.67. The Morgan fingerprint density at radius 1 is 1.17 bits per heavy atom. The first-order valence-electron chi connectivity index (χ1n) is 6.68. The predicted molar refractivity (Wildman–Crippen MR) is 71.2 cm³/mol. The number of para-hydroxylation sites is 2. The molecule has 1 aromatic rings. The van der Waals surface area contributed by atoms with Gasteiger partial charge in [-0.2, -0.15) is 13.2 Å². The summed E-state index contributed by atoms with van der Waals surface area (Å²) in [4.78, 5) is 22.6. The average Bonchev–Trinajstić information content (AvgIpc) is 3.24. The van der Waals surface area contributed by atoms with E-state index in [9.17, 15) is 22.8 Å². The first-order chi connectivity index (χ1) is 10.7. The molecule has 1 amide bonds. The van der Waals surface area contributed by atoms with Gasteiger partial charge in [0.2, 0.25) is 0 Å². The summed E-state index contributed by atoms with van der Waals surface area (Å²) in [6.07, 6.45) is -3.83.